The lowest BCUT2D eigenvalue weighted by Crippen LogP contribution is -2.30. The van der Waals surface area contributed by atoms with E-state index in [-0.39, 0.29) is 31.9 Å². The smallest absolute Gasteiger partial charge is 0.383 e. The number of anilines is 1. The highest BCUT2D eigenvalue weighted by atomic mass is 31.2. The second-order valence-corrected chi connectivity index (χ2v) is 10.5. The fraction of sp³-hybridized carbons (Fsp3) is 0.706. The van der Waals surface area contributed by atoms with Crippen LogP contribution >= 0.6 is 15.8 Å². The monoisotopic (exact) mass is 498 g/mol. The Morgan fingerprint density at radius 1 is 1.38 bits per heavy atom. The van der Waals surface area contributed by atoms with E-state index in [1.807, 2.05) is 13.8 Å². The molecule has 0 aromatic carbocycles. The SMILES string of the molecule is CCCCOP(=O)(O)O[C@@H]1C[C@H](n2ccc(N)nc2=O)O[C@@H]1[P+](O)(OC=O)OCCCC. The first-order valence-corrected chi connectivity index (χ1v) is 13.3. The summed E-state index contributed by atoms with van der Waals surface area (Å²) in [6.07, 6.45) is 1.32. The molecular weight excluding hydrogens is 468 g/mol. The molecule has 0 bridgehead atoms. The van der Waals surface area contributed by atoms with Crippen LogP contribution in [-0.4, -0.2) is 51.0 Å². The van der Waals surface area contributed by atoms with Gasteiger partial charge in [0.05, 0.1) is 13.2 Å². The highest BCUT2D eigenvalue weighted by Crippen LogP contribution is 2.67. The first-order chi connectivity index (χ1) is 15.2. The molecule has 0 radical (unpaired) electrons. The lowest BCUT2D eigenvalue weighted by Gasteiger charge is -2.24. The van der Waals surface area contributed by atoms with E-state index in [0.717, 1.165) is 17.4 Å². The number of carbonyl (C=O) groups excluding carboxylic acids is 1. The van der Waals surface area contributed by atoms with E-state index in [1.54, 1.807) is 0 Å². The highest BCUT2D eigenvalue weighted by molar-refractivity contribution is 7.61. The number of nitrogens with two attached hydrogens (primary N) is 1. The van der Waals surface area contributed by atoms with Crippen molar-refractivity contribution in [1.82, 2.24) is 9.55 Å². The van der Waals surface area contributed by atoms with Crippen molar-refractivity contribution in [2.24, 2.45) is 0 Å². The van der Waals surface area contributed by atoms with Crippen molar-refractivity contribution in [3.8, 4) is 0 Å². The maximum atomic E-state index is 12.4. The summed E-state index contributed by atoms with van der Waals surface area (Å²) in [5.74, 6) is -1.48. The van der Waals surface area contributed by atoms with E-state index >= 15 is 0 Å². The third kappa shape index (κ3) is 7.29. The molecule has 182 valence electrons. The van der Waals surface area contributed by atoms with Crippen LogP contribution in [-0.2, 0) is 32.2 Å². The number of rotatable bonds is 14. The van der Waals surface area contributed by atoms with Gasteiger partial charge in [0.15, 0.2) is 0 Å². The number of aromatic nitrogens is 2. The topological polar surface area (TPSA) is 182 Å². The predicted octanol–water partition coefficient (Wildman–Crippen LogP) is 2.12. The number of nitrogen functional groups attached to an aromatic ring is 1. The van der Waals surface area contributed by atoms with Crippen LogP contribution in [0.5, 0.6) is 0 Å². The minimum absolute atomic E-state index is 0.000691. The number of nitrogens with zero attached hydrogens (tertiary/aromatic N) is 2. The molecule has 5 atom stereocenters. The highest BCUT2D eigenvalue weighted by Gasteiger charge is 2.63. The molecule has 13 nitrogen and oxygen atoms in total. The molecule has 1 aliphatic heterocycles. The van der Waals surface area contributed by atoms with Crippen LogP contribution in [0, 0.1) is 0 Å². The van der Waals surface area contributed by atoms with Crippen molar-refractivity contribution in [3.05, 3.63) is 22.7 Å². The van der Waals surface area contributed by atoms with Gasteiger partial charge in [-0.3, -0.25) is 18.4 Å². The Labute approximate surface area is 186 Å². The zero-order chi connectivity index (χ0) is 23.8. The minimum Gasteiger partial charge on any atom is -0.383 e. The molecule has 4 N–H and O–H groups in total. The normalized spacial score (nSPS) is 24.6. The molecule has 1 fully saturated rings. The van der Waals surface area contributed by atoms with E-state index < -0.39 is 39.6 Å². The number of unbranched alkanes of at least 4 members (excludes halogenated alkanes) is 2. The third-order valence-electron chi connectivity index (χ3n) is 4.52. The summed E-state index contributed by atoms with van der Waals surface area (Å²) in [7, 11) is -8.63. The van der Waals surface area contributed by atoms with Crippen LogP contribution in [0.2, 0.25) is 0 Å². The van der Waals surface area contributed by atoms with Crippen molar-refractivity contribution in [2.45, 2.75) is 64.1 Å². The van der Waals surface area contributed by atoms with Gasteiger partial charge in [-0.15, -0.1) is 0 Å². The molecule has 1 aliphatic rings. The predicted molar refractivity (Wildman–Crippen MR) is 114 cm³/mol. The zero-order valence-electron chi connectivity index (χ0n) is 17.9. The molecule has 0 saturated carbocycles. The van der Waals surface area contributed by atoms with Crippen molar-refractivity contribution in [3.63, 3.8) is 0 Å². The van der Waals surface area contributed by atoms with Crippen molar-refractivity contribution >= 4 is 28.1 Å². The van der Waals surface area contributed by atoms with Crippen molar-refractivity contribution in [2.75, 3.05) is 18.9 Å². The lowest BCUT2D eigenvalue weighted by molar-refractivity contribution is -0.123. The zero-order valence-corrected chi connectivity index (χ0v) is 19.7. The molecule has 0 aliphatic carbocycles. The summed E-state index contributed by atoms with van der Waals surface area (Å²) in [5, 5.41) is 0. The number of phosphoric ester groups is 1. The van der Waals surface area contributed by atoms with Gasteiger partial charge in [0, 0.05) is 12.6 Å². The first-order valence-electron chi connectivity index (χ1n) is 10.2. The van der Waals surface area contributed by atoms with Gasteiger partial charge in [-0.1, -0.05) is 26.7 Å². The largest absolute Gasteiger partial charge is 0.491 e. The Morgan fingerprint density at radius 3 is 2.69 bits per heavy atom. The average molecular weight is 498 g/mol. The van der Waals surface area contributed by atoms with Gasteiger partial charge >= 0.3 is 27.9 Å². The molecule has 32 heavy (non-hydrogen) atoms. The Bertz CT molecular complexity index is 856. The molecule has 1 saturated heterocycles. The number of hydrogen-bond acceptors (Lipinski definition) is 11. The van der Waals surface area contributed by atoms with E-state index in [0.29, 0.717) is 12.8 Å². The molecule has 0 spiro atoms. The Kier molecular flexibility index (Phi) is 10.2. The van der Waals surface area contributed by atoms with Crippen molar-refractivity contribution in [1.29, 1.82) is 0 Å². The Balaban J connectivity index is 2.32. The summed E-state index contributed by atoms with van der Waals surface area (Å²) in [6, 6.07) is 1.36. The van der Waals surface area contributed by atoms with Gasteiger partial charge in [0.1, 0.15) is 18.1 Å². The third-order valence-corrected chi connectivity index (χ3v) is 7.61. The van der Waals surface area contributed by atoms with Gasteiger partial charge in [0.2, 0.25) is 0 Å². The minimum atomic E-state index is -4.56. The number of hydrogen-bond donors (Lipinski definition) is 3. The van der Waals surface area contributed by atoms with Crippen LogP contribution in [0.15, 0.2) is 17.1 Å². The average Bonchev–Trinajstić information content (AvgIpc) is 3.12. The number of phosphoric acid groups is 1. The summed E-state index contributed by atoms with van der Waals surface area (Å²) in [6.45, 7) is 3.79. The summed E-state index contributed by atoms with van der Waals surface area (Å²) in [4.78, 5) is 48.0. The molecule has 2 rings (SSSR count). The fourth-order valence-corrected chi connectivity index (χ4v) is 5.71. The maximum absolute atomic E-state index is 12.4. The van der Waals surface area contributed by atoms with E-state index in [1.165, 1.54) is 12.3 Å². The Morgan fingerprint density at radius 2 is 2.06 bits per heavy atom. The maximum Gasteiger partial charge on any atom is 0.491 e. The van der Waals surface area contributed by atoms with Gasteiger partial charge in [-0.05, 0) is 18.9 Å². The Hall–Kier alpha value is -1.43. The second kappa shape index (κ2) is 12.2. The molecule has 2 unspecified atom stereocenters. The van der Waals surface area contributed by atoms with Gasteiger partial charge in [-0.25, -0.2) is 13.9 Å². The fourth-order valence-electron chi connectivity index (χ4n) is 2.92. The van der Waals surface area contributed by atoms with Crippen LogP contribution < -0.4 is 11.4 Å². The molecule has 0 amide bonds. The second-order valence-electron chi connectivity index (χ2n) is 7.01. The van der Waals surface area contributed by atoms with E-state index in [2.05, 4.69) is 4.98 Å². The van der Waals surface area contributed by atoms with Crippen LogP contribution in [0.1, 0.15) is 52.2 Å². The van der Waals surface area contributed by atoms with Crippen LogP contribution in [0.25, 0.3) is 0 Å². The van der Waals surface area contributed by atoms with Crippen LogP contribution in [0.4, 0.5) is 5.82 Å². The van der Waals surface area contributed by atoms with Gasteiger partial charge < -0.3 is 15.4 Å². The number of ether oxygens (including phenoxy) is 1. The van der Waals surface area contributed by atoms with Gasteiger partial charge in [-0.2, -0.15) is 14.4 Å². The summed E-state index contributed by atoms with van der Waals surface area (Å²) >= 11 is 0. The quantitative estimate of drug-likeness (QED) is 0.193. The van der Waals surface area contributed by atoms with E-state index in [9.17, 15) is 23.9 Å². The number of carbonyl (C=O) groups is 1. The molecular formula is C17H30N3O10P2+. The molecule has 1 aromatic heterocycles. The molecule has 15 heteroatoms. The van der Waals surface area contributed by atoms with Crippen LogP contribution in [0.3, 0.4) is 0 Å². The summed E-state index contributed by atoms with van der Waals surface area (Å²) in [5.41, 5.74) is 4.76. The summed E-state index contributed by atoms with van der Waals surface area (Å²) < 4.78 is 39.8. The molecule has 1 aromatic rings. The van der Waals surface area contributed by atoms with Crippen molar-refractivity contribution < 1.29 is 42.0 Å². The van der Waals surface area contributed by atoms with E-state index in [4.69, 9.17) is 28.6 Å². The standard InChI is InChI=1S/C17H29N3O10P2/c1-3-5-9-26-31(23,28-12-21)16-13(30-32(24,25)27-10-6-4-2)11-15(29-16)20-8-7-14(18)19-17(20)22/h7-8,12-13,15-16,23H,3-6,9-11H2,1-2H3,(H2-,18,19,22,24,25)/p+1/t13-,15-,16-,31?/m1/s1. The van der Waals surface area contributed by atoms with Gasteiger partial charge in [0.25, 0.3) is 5.85 Å². The molecule has 2 heterocycles. The lowest BCUT2D eigenvalue weighted by atomic mass is 10.3. The first kappa shape index (κ1) is 26.8.